The van der Waals surface area contributed by atoms with Gasteiger partial charge in [-0.25, -0.2) is 5.10 Å². The lowest BCUT2D eigenvalue weighted by atomic mass is 10.6. The lowest BCUT2D eigenvalue weighted by Gasteiger charge is -1.90. The van der Waals surface area contributed by atoms with Crippen molar-refractivity contribution < 1.29 is 13.0 Å². The zero-order chi connectivity index (χ0) is 8.48. The maximum Gasteiger partial charge on any atom is 0.313 e. The van der Waals surface area contributed by atoms with Gasteiger partial charge in [0.2, 0.25) is 5.03 Å². The van der Waals surface area contributed by atoms with Crippen molar-refractivity contribution in [3.8, 4) is 0 Å². The number of nitrogens with one attached hydrogen (secondary N) is 1. The maximum atomic E-state index is 10.4. The molecule has 0 bridgehead atoms. The topological polar surface area (TPSA) is 100 Å². The molecule has 0 aliphatic rings. The predicted molar refractivity (Wildman–Crippen MR) is 34.7 cm³/mol. The summed E-state index contributed by atoms with van der Waals surface area (Å²) in [5.74, 6) is 0. The zero-order valence-corrected chi connectivity index (χ0v) is 6.00. The van der Waals surface area contributed by atoms with Gasteiger partial charge in [-0.2, -0.15) is 13.5 Å². The first-order valence-electron chi connectivity index (χ1n) is 2.53. The van der Waals surface area contributed by atoms with Gasteiger partial charge in [0.1, 0.15) is 0 Å². The Morgan fingerprint density at radius 3 is 2.45 bits per heavy atom. The highest BCUT2D eigenvalue weighted by atomic mass is 32.2. The number of aromatic nitrogens is 2. The van der Waals surface area contributed by atoms with Crippen LogP contribution in [0.2, 0.25) is 0 Å². The number of hydrogen-bond donors (Lipinski definition) is 2. The van der Waals surface area contributed by atoms with E-state index in [9.17, 15) is 13.2 Å². The maximum absolute atomic E-state index is 10.4. The van der Waals surface area contributed by atoms with E-state index in [4.69, 9.17) is 4.55 Å². The molecular weight excluding hydrogens is 172 g/mol. The van der Waals surface area contributed by atoms with Crippen LogP contribution in [0.25, 0.3) is 0 Å². The summed E-state index contributed by atoms with van der Waals surface area (Å²) in [5.41, 5.74) is -0.530. The second kappa shape index (κ2) is 2.44. The molecule has 0 saturated carbocycles. The summed E-state index contributed by atoms with van der Waals surface area (Å²) in [6.45, 7) is 0. The summed E-state index contributed by atoms with van der Waals surface area (Å²) in [7, 11) is -4.30. The van der Waals surface area contributed by atoms with Crippen molar-refractivity contribution in [2.45, 2.75) is 5.03 Å². The van der Waals surface area contributed by atoms with Crippen LogP contribution in [-0.4, -0.2) is 23.2 Å². The molecular formula is C4H4N2O4S. The highest BCUT2D eigenvalue weighted by Gasteiger charge is 2.09. The van der Waals surface area contributed by atoms with Gasteiger partial charge < -0.3 is 0 Å². The summed E-state index contributed by atoms with van der Waals surface area (Å²) in [5, 5.41) is 4.36. The van der Waals surface area contributed by atoms with Gasteiger partial charge in [0.05, 0.1) is 0 Å². The summed E-state index contributed by atoms with van der Waals surface area (Å²) < 4.78 is 29.0. The van der Waals surface area contributed by atoms with Crippen LogP contribution in [-0.2, 0) is 10.1 Å². The molecule has 0 saturated heterocycles. The van der Waals surface area contributed by atoms with Crippen molar-refractivity contribution >= 4 is 10.1 Å². The van der Waals surface area contributed by atoms with E-state index in [1.165, 1.54) is 0 Å². The molecule has 2 N–H and O–H groups in total. The third-order valence-corrected chi connectivity index (χ3v) is 1.67. The van der Waals surface area contributed by atoms with Crippen molar-refractivity contribution in [3.05, 3.63) is 22.5 Å². The Balaban J connectivity index is 3.31. The van der Waals surface area contributed by atoms with E-state index in [2.05, 4.69) is 5.10 Å². The molecule has 0 amide bonds. The SMILES string of the molecule is O=c1ccc(S(=O)(=O)O)n[nH]1. The Kier molecular flexibility index (Phi) is 1.75. The standard InChI is InChI=1S/C4H4N2O4S/c7-3-1-2-4(6-5-3)11(8,9)10/h1-2H,(H,5,7)(H,8,9,10). The molecule has 0 aromatic carbocycles. The van der Waals surface area contributed by atoms with Gasteiger partial charge in [-0.15, -0.1) is 0 Å². The first kappa shape index (κ1) is 7.89. The lowest BCUT2D eigenvalue weighted by molar-refractivity contribution is 0.477. The van der Waals surface area contributed by atoms with E-state index < -0.39 is 20.7 Å². The van der Waals surface area contributed by atoms with E-state index in [-0.39, 0.29) is 0 Å². The van der Waals surface area contributed by atoms with Gasteiger partial charge in [0.15, 0.2) is 0 Å². The number of hydrogen-bond acceptors (Lipinski definition) is 4. The van der Waals surface area contributed by atoms with E-state index in [1.54, 1.807) is 0 Å². The van der Waals surface area contributed by atoms with Crippen LogP contribution in [0.15, 0.2) is 22.0 Å². The van der Waals surface area contributed by atoms with Crippen molar-refractivity contribution in [2.75, 3.05) is 0 Å². The predicted octanol–water partition coefficient (Wildman–Crippen LogP) is -0.983. The Bertz CT molecular complexity index is 386. The van der Waals surface area contributed by atoms with Crippen LogP contribution < -0.4 is 5.56 Å². The van der Waals surface area contributed by atoms with Crippen molar-refractivity contribution in [1.29, 1.82) is 0 Å². The molecule has 0 atom stereocenters. The van der Waals surface area contributed by atoms with Gasteiger partial charge in [0, 0.05) is 6.07 Å². The van der Waals surface area contributed by atoms with E-state index >= 15 is 0 Å². The second-order valence-corrected chi connectivity index (χ2v) is 3.10. The first-order valence-corrected chi connectivity index (χ1v) is 3.97. The Hall–Kier alpha value is -1.21. The van der Waals surface area contributed by atoms with Crippen molar-refractivity contribution in [2.24, 2.45) is 0 Å². The molecule has 0 fully saturated rings. The average Bonchev–Trinajstić information content (AvgIpc) is 1.86. The average molecular weight is 176 g/mol. The molecule has 11 heavy (non-hydrogen) atoms. The lowest BCUT2D eigenvalue weighted by Crippen LogP contribution is -2.10. The smallest absolute Gasteiger partial charge is 0.281 e. The minimum atomic E-state index is -4.30. The molecule has 0 spiro atoms. The monoisotopic (exact) mass is 176 g/mol. The van der Waals surface area contributed by atoms with Gasteiger partial charge in [0.25, 0.3) is 5.56 Å². The van der Waals surface area contributed by atoms with E-state index in [0.29, 0.717) is 0 Å². The fourth-order valence-corrected chi connectivity index (χ4v) is 0.876. The third-order valence-electron chi connectivity index (χ3n) is 0.918. The van der Waals surface area contributed by atoms with Crippen LogP contribution in [0.1, 0.15) is 0 Å². The molecule has 1 heterocycles. The zero-order valence-electron chi connectivity index (χ0n) is 5.18. The second-order valence-electron chi connectivity index (χ2n) is 1.73. The molecule has 7 heteroatoms. The fraction of sp³-hybridized carbons (Fsp3) is 0. The van der Waals surface area contributed by atoms with Crippen LogP contribution >= 0.6 is 0 Å². The van der Waals surface area contributed by atoms with Crippen molar-refractivity contribution in [1.82, 2.24) is 10.2 Å². The van der Waals surface area contributed by atoms with Crippen LogP contribution in [0, 0.1) is 0 Å². The largest absolute Gasteiger partial charge is 0.313 e. The number of rotatable bonds is 1. The Labute approximate surface area is 61.6 Å². The Morgan fingerprint density at radius 1 is 1.45 bits per heavy atom. The van der Waals surface area contributed by atoms with E-state index in [0.717, 1.165) is 12.1 Å². The fourth-order valence-electron chi connectivity index (χ4n) is 0.475. The molecule has 6 nitrogen and oxygen atoms in total. The van der Waals surface area contributed by atoms with Crippen LogP contribution in [0.4, 0.5) is 0 Å². The highest BCUT2D eigenvalue weighted by Crippen LogP contribution is 1.97. The summed E-state index contributed by atoms with van der Waals surface area (Å²) in [6, 6.07) is 1.87. The Morgan fingerprint density at radius 2 is 2.09 bits per heavy atom. The minimum Gasteiger partial charge on any atom is -0.281 e. The quantitative estimate of drug-likeness (QED) is 0.535. The minimum absolute atomic E-state index is 0.530. The molecule has 0 aliphatic heterocycles. The summed E-state index contributed by atoms with van der Waals surface area (Å²) >= 11 is 0. The van der Waals surface area contributed by atoms with Gasteiger partial charge in [-0.05, 0) is 6.07 Å². The molecule has 0 unspecified atom stereocenters. The molecule has 0 radical (unpaired) electrons. The normalized spacial score (nSPS) is 11.4. The summed E-state index contributed by atoms with van der Waals surface area (Å²) in [6.07, 6.45) is 0. The van der Waals surface area contributed by atoms with Gasteiger partial charge in [-0.1, -0.05) is 0 Å². The first-order chi connectivity index (χ1) is 5.00. The van der Waals surface area contributed by atoms with E-state index in [1.807, 2.05) is 5.10 Å². The molecule has 1 rings (SSSR count). The van der Waals surface area contributed by atoms with Gasteiger partial charge in [-0.3, -0.25) is 9.35 Å². The number of H-pyrrole nitrogens is 1. The molecule has 1 aromatic heterocycles. The van der Waals surface area contributed by atoms with Crippen LogP contribution in [0.5, 0.6) is 0 Å². The summed E-state index contributed by atoms with van der Waals surface area (Å²) in [4.78, 5) is 10.4. The number of aromatic amines is 1. The third kappa shape index (κ3) is 1.85. The highest BCUT2D eigenvalue weighted by molar-refractivity contribution is 7.85. The molecule has 0 aliphatic carbocycles. The van der Waals surface area contributed by atoms with Crippen LogP contribution in [0.3, 0.4) is 0 Å². The molecule has 60 valence electrons. The molecule has 1 aromatic rings. The number of nitrogens with zero attached hydrogens (tertiary/aromatic N) is 1. The van der Waals surface area contributed by atoms with Gasteiger partial charge >= 0.3 is 10.1 Å². The van der Waals surface area contributed by atoms with Crippen molar-refractivity contribution in [3.63, 3.8) is 0 Å².